The van der Waals surface area contributed by atoms with E-state index in [0.29, 0.717) is 18.1 Å². The SMILES string of the molecule is C=CCN(C(=O)CSc1nc(C)nc2ccccc12)c1ccccc1. The molecule has 4 nitrogen and oxygen atoms in total. The summed E-state index contributed by atoms with van der Waals surface area (Å²) in [6.45, 7) is 6.10. The van der Waals surface area contributed by atoms with Crippen molar-refractivity contribution in [1.82, 2.24) is 9.97 Å². The van der Waals surface area contributed by atoms with E-state index in [4.69, 9.17) is 0 Å². The number of carbonyl (C=O) groups excluding carboxylic acids is 1. The van der Waals surface area contributed by atoms with Gasteiger partial charge in [-0.05, 0) is 25.1 Å². The number of benzene rings is 2. The highest BCUT2D eigenvalue weighted by molar-refractivity contribution is 8.00. The standard InChI is InChI=1S/C20H19N3OS/c1-3-13-23(16-9-5-4-6-10-16)19(24)14-25-20-17-11-7-8-12-18(17)21-15(2)22-20/h3-12H,1,13-14H2,2H3. The number of fused-ring (bicyclic) bond motifs is 1. The van der Waals surface area contributed by atoms with Gasteiger partial charge >= 0.3 is 0 Å². The van der Waals surface area contributed by atoms with Crippen LogP contribution < -0.4 is 4.90 Å². The number of nitrogens with zero attached hydrogens (tertiary/aromatic N) is 3. The minimum absolute atomic E-state index is 0.0245. The fourth-order valence-electron chi connectivity index (χ4n) is 2.56. The number of carbonyl (C=O) groups is 1. The van der Waals surface area contributed by atoms with Crippen LogP contribution >= 0.6 is 11.8 Å². The molecule has 0 aliphatic carbocycles. The van der Waals surface area contributed by atoms with Crippen molar-refractivity contribution in [3.05, 3.63) is 73.1 Å². The summed E-state index contributed by atoms with van der Waals surface area (Å²) in [5, 5.41) is 1.81. The van der Waals surface area contributed by atoms with Crippen LogP contribution in [0.3, 0.4) is 0 Å². The zero-order valence-electron chi connectivity index (χ0n) is 14.1. The molecule has 0 radical (unpaired) electrons. The molecule has 1 heterocycles. The van der Waals surface area contributed by atoms with Crippen LogP contribution in [-0.2, 0) is 4.79 Å². The van der Waals surface area contributed by atoms with Crippen molar-refractivity contribution in [2.75, 3.05) is 17.2 Å². The molecule has 1 aromatic heterocycles. The number of para-hydroxylation sites is 2. The molecule has 1 amide bonds. The molecule has 25 heavy (non-hydrogen) atoms. The molecular formula is C20H19N3OS. The Hall–Kier alpha value is -2.66. The Kier molecular flexibility index (Phi) is 5.46. The number of aromatic nitrogens is 2. The molecule has 3 aromatic rings. The summed E-state index contributed by atoms with van der Waals surface area (Å²) in [4.78, 5) is 23.4. The van der Waals surface area contributed by atoms with Crippen molar-refractivity contribution >= 4 is 34.3 Å². The van der Waals surface area contributed by atoms with Crippen LogP contribution in [-0.4, -0.2) is 28.2 Å². The lowest BCUT2D eigenvalue weighted by Crippen LogP contribution is -2.32. The quantitative estimate of drug-likeness (QED) is 0.379. The molecule has 0 atom stereocenters. The molecule has 0 saturated carbocycles. The molecule has 2 aromatic carbocycles. The van der Waals surface area contributed by atoms with Crippen molar-refractivity contribution < 1.29 is 4.79 Å². The number of rotatable bonds is 6. The largest absolute Gasteiger partial charge is 0.308 e. The molecule has 0 bridgehead atoms. The minimum Gasteiger partial charge on any atom is -0.308 e. The van der Waals surface area contributed by atoms with Gasteiger partial charge in [0.15, 0.2) is 0 Å². The Morgan fingerprint density at radius 2 is 1.84 bits per heavy atom. The van der Waals surface area contributed by atoms with E-state index in [2.05, 4.69) is 16.5 Å². The second-order valence-electron chi connectivity index (χ2n) is 5.51. The fourth-order valence-corrected chi connectivity index (χ4v) is 3.51. The van der Waals surface area contributed by atoms with Gasteiger partial charge in [0, 0.05) is 17.6 Å². The average molecular weight is 349 g/mol. The Bertz CT molecular complexity index is 896. The minimum atomic E-state index is 0.0245. The molecule has 0 N–H and O–H groups in total. The summed E-state index contributed by atoms with van der Waals surface area (Å²) in [6, 6.07) is 17.5. The number of amides is 1. The van der Waals surface area contributed by atoms with Crippen LogP contribution in [0.5, 0.6) is 0 Å². The lowest BCUT2D eigenvalue weighted by Gasteiger charge is -2.21. The first kappa shape index (κ1) is 17.2. The van der Waals surface area contributed by atoms with Gasteiger partial charge in [0.05, 0.1) is 11.3 Å². The number of anilines is 1. The Balaban J connectivity index is 1.80. The zero-order chi connectivity index (χ0) is 17.6. The average Bonchev–Trinajstić information content (AvgIpc) is 2.64. The van der Waals surface area contributed by atoms with Gasteiger partial charge < -0.3 is 4.90 Å². The van der Waals surface area contributed by atoms with Gasteiger partial charge in [-0.2, -0.15) is 0 Å². The Morgan fingerprint density at radius 3 is 2.60 bits per heavy atom. The van der Waals surface area contributed by atoms with Gasteiger partial charge in [-0.15, -0.1) is 6.58 Å². The Morgan fingerprint density at radius 1 is 1.12 bits per heavy atom. The molecule has 0 spiro atoms. The molecule has 0 aliphatic heterocycles. The van der Waals surface area contributed by atoms with Crippen LogP contribution in [0.15, 0.2) is 72.3 Å². The van der Waals surface area contributed by atoms with E-state index in [9.17, 15) is 4.79 Å². The van der Waals surface area contributed by atoms with Crippen molar-refractivity contribution in [1.29, 1.82) is 0 Å². The third-order valence-corrected chi connectivity index (χ3v) is 4.67. The van der Waals surface area contributed by atoms with E-state index < -0.39 is 0 Å². The van der Waals surface area contributed by atoms with Gasteiger partial charge in [0.1, 0.15) is 10.9 Å². The molecular weight excluding hydrogens is 330 g/mol. The highest BCUT2D eigenvalue weighted by atomic mass is 32.2. The molecule has 0 fully saturated rings. The lowest BCUT2D eigenvalue weighted by molar-refractivity contribution is -0.116. The van der Waals surface area contributed by atoms with E-state index in [1.54, 1.807) is 11.0 Å². The number of hydrogen-bond acceptors (Lipinski definition) is 4. The molecule has 5 heteroatoms. The third-order valence-electron chi connectivity index (χ3n) is 3.69. The predicted octanol–water partition coefficient (Wildman–Crippen LogP) is 4.25. The summed E-state index contributed by atoms with van der Waals surface area (Å²) >= 11 is 1.44. The van der Waals surface area contributed by atoms with E-state index in [0.717, 1.165) is 21.6 Å². The maximum atomic E-state index is 12.7. The Labute approximate surface area is 151 Å². The lowest BCUT2D eigenvalue weighted by atomic mass is 10.2. The molecule has 126 valence electrons. The highest BCUT2D eigenvalue weighted by Gasteiger charge is 2.16. The summed E-state index contributed by atoms with van der Waals surface area (Å²) in [7, 11) is 0. The van der Waals surface area contributed by atoms with Crippen LogP contribution in [0.1, 0.15) is 5.82 Å². The first-order valence-corrected chi connectivity index (χ1v) is 9.00. The number of aryl methyl sites for hydroxylation is 1. The topological polar surface area (TPSA) is 46.1 Å². The van der Waals surface area contributed by atoms with E-state index in [-0.39, 0.29) is 5.91 Å². The van der Waals surface area contributed by atoms with Crippen molar-refractivity contribution in [3.63, 3.8) is 0 Å². The van der Waals surface area contributed by atoms with Gasteiger partial charge in [-0.25, -0.2) is 9.97 Å². The molecule has 0 saturated heterocycles. The van der Waals surface area contributed by atoms with Crippen molar-refractivity contribution in [3.8, 4) is 0 Å². The number of hydrogen-bond donors (Lipinski definition) is 0. The van der Waals surface area contributed by atoms with Gasteiger partial charge in [0.2, 0.25) is 5.91 Å². The summed E-state index contributed by atoms with van der Waals surface area (Å²) < 4.78 is 0. The van der Waals surface area contributed by atoms with E-state index in [1.165, 1.54) is 11.8 Å². The predicted molar refractivity (Wildman–Crippen MR) is 104 cm³/mol. The van der Waals surface area contributed by atoms with Crippen LogP contribution in [0, 0.1) is 6.92 Å². The second-order valence-corrected chi connectivity index (χ2v) is 6.47. The maximum Gasteiger partial charge on any atom is 0.237 e. The second kappa shape index (κ2) is 7.94. The van der Waals surface area contributed by atoms with Gasteiger partial charge in [0.25, 0.3) is 0 Å². The maximum absolute atomic E-state index is 12.7. The smallest absolute Gasteiger partial charge is 0.237 e. The van der Waals surface area contributed by atoms with E-state index in [1.807, 2.05) is 61.5 Å². The van der Waals surface area contributed by atoms with Gasteiger partial charge in [-0.1, -0.05) is 54.2 Å². The van der Waals surface area contributed by atoms with Crippen molar-refractivity contribution in [2.24, 2.45) is 0 Å². The normalized spacial score (nSPS) is 10.6. The number of thioether (sulfide) groups is 1. The third kappa shape index (κ3) is 4.06. The van der Waals surface area contributed by atoms with E-state index >= 15 is 0 Å². The fraction of sp³-hybridized carbons (Fsp3) is 0.150. The van der Waals surface area contributed by atoms with Crippen molar-refractivity contribution in [2.45, 2.75) is 11.9 Å². The van der Waals surface area contributed by atoms with Crippen LogP contribution in [0.25, 0.3) is 10.9 Å². The van der Waals surface area contributed by atoms with Crippen LogP contribution in [0.4, 0.5) is 5.69 Å². The molecule has 0 unspecified atom stereocenters. The molecule has 3 rings (SSSR count). The van der Waals surface area contributed by atoms with Crippen LogP contribution in [0.2, 0.25) is 0 Å². The molecule has 0 aliphatic rings. The zero-order valence-corrected chi connectivity index (χ0v) is 14.9. The highest BCUT2D eigenvalue weighted by Crippen LogP contribution is 2.26. The summed E-state index contributed by atoms with van der Waals surface area (Å²) in [6.07, 6.45) is 1.74. The summed E-state index contributed by atoms with van der Waals surface area (Å²) in [5.41, 5.74) is 1.77. The summed E-state index contributed by atoms with van der Waals surface area (Å²) in [5.74, 6) is 1.04. The monoisotopic (exact) mass is 349 g/mol. The van der Waals surface area contributed by atoms with Gasteiger partial charge in [-0.3, -0.25) is 4.79 Å². The first-order chi connectivity index (χ1) is 12.2. The first-order valence-electron chi connectivity index (χ1n) is 8.01.